The summed E-state index contributed by atoms with van der Waals surface area (Å²) in [5.41, 5.74) is 0.749. The zero-order chi connectivity index (χ0) is 9.68. The van der Waals surface area contributed by atoms with E-state index in [2.05, 4.69) is 20.5 Å². The number of aromatic nitrogens is 1. The molecular formula is C7H9N3O3. The molecule has 13 heavy (non-hydrogen) atoms. The third kappa shape index (κ3) is 2.58. The van der Waals surface area contributed by atoms with Crippen LogP contribution in [0, 0.1) is 6.92 Å². The Labute approximate surface area is 74.5 Å². The lowest BCUT2D eigenvalue weighted by Gasteiger charge is -1.95. The highest BCUT2D eigenvalue weighted by Crippen LogP contribution is 2.11. The minimum Gasteiger partial charge on any atom is -0.399 e. The van der Waals surface area contributed by atoms with Gasteiger partial charge in [-0.05, 0) is 6.92 Å². The molecule has 1 aromatic heterocycles. The summed E-state index contributed by atoms with van der Waals surface area (Å²) < 4.78 is 4.73. The van der Waals surface area contributed by atoms with Gasteiger partial charge in [0.2, 0.25) is 5.88 Å². The van der Waals surface area contributed by atoms with Crippen molar-refractivity contribution in [1.29, 1.82) is 0 Å². The van der Waals surface area contributed by atoms with E-state index in [1.54, 1.807) is 6.92 Å². The number of carbonyl (C=O) groups is 1. The lowest BCUT2D eigenvalue weighted by Crippen LogP contribution is -2.12. The van der Waals surface area contributed by atoms with Gasteiger partial charge in [-0.25, -0.2) is 0 Å². The molecule has 0 fully saturated rings. The number of anilines is 1. The second-order valence-electron chi connectivity index (χ2n) is 2.24. The number of oxime groups is 1. The van der Waals surface area contributed by atoms with Crippen molar-refractivity contribution in [3.8, 4) is 0 Å². The van der Waals surface area contributed by atoms with E-state index in [0.29, 0.717) is 5.88 Å². The molecule has 0 unspecified atom stereocenters. The maximum Gasteiger partial charge on any atom is 0.272 e. The van der Waals surface area contributed by atoms with E-state index in [-0.39, 0.29) is 0 Å². The molecule has 0 aromatic carbocycles. The van der Waals surface area contributed by atoms with Gasteiger partial charge in [-0.2, -0.15) is 0 Å². The highest BCUT2D eigenvalue weighted by atomic mass is 16.6. The Kier molecular flexibility index (Phi) is 3.02. The summed E-state index contributed by atoms with van der Waals surface area (Å²) in [6.07, 6.45) is 2.50. The first kappa shape index (κ1) is 9.24. The second-order valence-corrected chi connectivity index (χ2v) is 2.24. The van der Waals surface area contributed by atoms with Crippen molar-refractivity contribution in [3.63, 3.8) is 0 Å². The summed E-state index contributed by atoms with van der Waals surface area (Å²) in [6.45, 7) is 1.76. The molecule has 0 atom stereocenters. The lowest BCUT2D eigenvalue weighted by molar-refractivity contribution is -0.110. The van der Waals surface area contributed by atoms with Crippen LogP contribution in [0.1, 0.15) is 5.56 Å². The fraction of sp³-hybridized carbons (Fsp3) is 0.286. The van der Waals surface area contributed by atoms with Gasteiger partial charge < -0.3 is 9.36 Å². The SMILES string of the molecule is CO/N=C/C(=O)Nc1oncc1C. The standard InChI is InChI=1S/C7H9N3O3/c1-5-3-9-13-7(5)10-6(11)4-8-12-2/h3-4H,1-2H3,(H,10,11)/b8-4+. The van der Waals surface area contributed by atoms with Gasteiger partial charge in [-0.1, -0.05) is 10.3 Å². The number of amides is 1. The molecule has 0 saturated carbocycles. The van der Waals surface area contributed by atoms with Crippen molar-refractivity contribution >= 4 is 18.0 Å². The highest BCUT2D eigenvalue weighted by Gasteiger charge is 2.05. The number of nitrogens with one attached hydrogen (secondary N) is 1. The van der Waals surface area contributed by atoms with E-state index in [4.69, 9.17) is 4.52 Å². The summed E-state index contributed by atoms with van der Waals surface area (Å²) >= 11 is 0. The van der Waals surface area contributed by atoms with Crippen LogP contribution in [0.3, 0.4) is 0 Å². The molecule has 1 aromatic rings. The van der Waals surface area contributed by atoms with Crippen LogP contribution < -0.4 is 5.32 Å². The molecule has 0 saturated heterocycles. The van der Waals surface area contributed by atoms with Crippen LogP contribution in [0.4, 0.5) is 5.88 Å². The van der Waals surface area contributed by atoms with Gasteiger partial charge in [0, 0.05) is 5.56 Å². The molecule has 1 heterocycles. The molecule has 1 N–H and O–H groups in total. The zero-order valence-corrected chi connectivity index (χ0v) is 7.27. The van der Waals surface area contributed by atoms with E-state index in [1.807, 2.05) is 0 Å². The number of carbonyl (C=O) groups excluding carboxylic acids is 1. The lowest BCUT2D eigenvalue weighted by atomic mass is 10.4. The van der Waals surface area contributed by atoms with E-state index in [1.165, 1.54) is 13.3 Å². The maximum atomic E-state index is 11.0. The van der Waals surface area contributed by atoms with Crippen LogP contribution in [-0.4, -0.2) is 24.4 Å². The number of aryl methyl sites for hydroxylation is 1. The third-order valence-electron chi connectivity index (χ3n) is 1.26. The van der Waals surface area contributed by atoms with Crippen LogP contribution in [0.2, 0.25) is 0 Å². The minimum absolute atomic E-state index is 0.313. The van der Waals surface area contributed by atoms with Crippen LogP contribution in [0.5, 0.6) is 0 Å². The Morgan fingerprint density at radius 2 is 2.62 bits per heavy atom. The van der Waals surface area contributed by atoms with Crippen molar-refractivity contribution in [1.82, 2.24) is 5.16 Å². The Morgan fingerprint density at radius 1 is 1.85 bits per heavy atom. The van der Waals surface area contributed by atoms with E-state index in [9.17, 15) is 4.79 Å². The fourth-order valence-corrected chi connectivity index (χ4v) is 0.655. The molecule has 0 aliphatic carbocycles. The first-order valence-electron chi connectivity index (χ1n) is 3.53. The Bertz CT molecular complexity index is 319. The number of nitrogens with zero attached hydrogens (tertiary/aromatic N) is 2. The van der Waals surface area contributed by atoms with Crippen molar-refractivity contribution in [2.75, 3.05) is 12.4 Å². The van der Waals surface area contributed by atoms with Crippen LogP contribution in [-0.2, 0) is 9.63 Å². The zero-order valence-electron chi connectivity index (χ0n) is 7.27. The van der Waals surface area contributed by atoms with Gasteiger partial charge in [0.05, 0.1) is 6.20 Å². The molecule has 1 rings (SSSR count). The molecule has 6 nitrogen and oxygen atoms in total. The summed E-state index contributed by atoms with van der Waals surface area (Å²) in [7, 11) is 1.35. The topological polar surface area (TPSA) is 76.7 Å². The van der Waals surface area contributed by atoms with Crippen molar-refractivity contribution in [2.24, 2.45) is 5.16 Å². The molecule has 70 valence electrons. The van der Waals surface area contributed by atoms with Crippen molar-refractivity contribution in [3.05, 3.63) is 11.8 Å². The van der Waals surface area contributed by atoms with Gasteiger partial charge in [0.25, 0.3) is 5.91 Å². The molecule has 0 radical (unpaired) electrons. The van der Waals surface area contributed by atoms with Crippen LogP contribution in [0.15, 0.2) is 15.9 Å². The summed E-state index contributed by atoms with van der Waals surface area (Å²) in [6, 6.07) is 0. The molecule has 0 aliphatic rings. The average molecular weight is 183 g/mol. The Hall–Kier alpha value is -1.85. The Morgan fingerprint density at radius 3 is 3.15 bits per heavy atom. The van der Waals surface area contributed by atoms with Gasteiger partial charge >= 0.3 is 0 Å². The second kappa shape index (κ2) is 4.24. The minimum atomic E-state index is -0.429. The number of hydrogen-bond donors (Lipinski definition) is 1. The largest absolute Gasteiger partial charge is 0.399 e. The van der Waals surface area contributed by atoms with Crippen molar-refractivity contribution in [2.45, 2.75) is 6.92 Å². The molecule has 0 aliphatic heterocycles. The van der Waals surface area contributed by atoms with Gasteiger partial charge in [-0.3, -0.25) is 10.1 Å². The molecule has 6 heteroatoms. The summed E-state index contributed by atoms with van der Waals surface area (Å²) in [4.78, 5) is 15.3. The summed E-state index contributed by atoms with van der Waals surface area (Å²) in [5.74, 6) is -0.116. The van der Waals surface area contributed by atoms with Gasteiger partial charge in [0.15, 0.2) is 0 Å². The van der Waals surface area contributed by atoms with E-state index >= 15 is 0 Å². The third-order valence-corrected chi connectivity index (χ3v) is 1.26. The predicted molar refractivity (Wildman–Crippen MR) is 45.4 cm³/mol. The monoisotopic (exact) mass is 183 g/mol. The van der Waals surface area contributed by atoms with Crippen molar-refractivity contribution < 1.29 is 14.2 Å². The van der Waals surface area contributed by atoms with Crippen LogP contribution >= 0.6 is 0 Å². The number of rotatable bonds is 3. The Balaban J connectivity index is 2.55. The maximum absolute atomic E-state index is 11.0. The van der Waals surface area contributed by atoms with E-state index < -0.39 is 5.91 Å². The molecular weight excluding hydrogens is 174 g/mol. The number of hydrogen-bond acceptors (Lipinski definition) is 5. The quantitative estimate of drug-likeness (QED) is 0.548. The van der Waals surface area contributed by atoms with Gasteiger partial charge in [-0.15, -0.1) is 0 Å². The fourth-order valence-electron chi connectivity index (χ4n) is 0.655. The normalized spacial score (nSPS) is 10.3. The smallest absolute Gasteiger partial charge is 0.272 e. The molecule has 0 spiro atoms. The van der Waals surface area contributed by atoms with Gasteiger partial charge in [0.1, 0.15) is 13.3 Å². The summed E-state index contributed by atoms with van der Waals surface area (Å²) in [5, 5.41) is 9.20. The first-order chi connectivity index (χ1) is 6.24. The molecule has 1 amide bonds. The predicted octanol–water partition coefficient (Wildman–Crippen LogP) is 0.554. The average Bonchev–Trinajstić information content (AvgIpc) is 2.48. The first-order valence-corrected chi connectivity index (χ1v) is 3.53. The van der Waals surface area contributed by atoms with E-state index in [0.717, 1.165) is 11.8 Å². The molecule has 0 bridgehead atoms. The van der Waals surface area contributed by atoms with Crippen LogP contribution in [0.25, 0.3) is 0 Å². The highest BCUT2D eigenvalue weighted by molar-refractivity contribution is 6.31.